The maximum atomic E-state index is 5.91. The first-order chi connectivity index (χ1) is 7.88. The molecular weight excluding hydrogens is 329 g/mol. The van der Waals surface area contributed by atoms with E-state index in [1.165, 1.54) is 0 Å². The van der Waals surface area contributed by atoms with Gasteiger partial charge in [-0.25, -0.2) is 0 Å². The van der Waals surface area contributed by atoms with Gasteiger partial charge in [-0.1, -0.05) is 25.9 Å². The SMILES string of the molecule is CC(C)(C)c1noc(-c2cc(I)ccc2N)n1. The van der Waals surface area contributed by atoms with E-state index in [2.05, 4.69) is 32.7 Å². The summed E-state index contributed by atoms with van der Waals surface area (Å²) in [7, 11) is 0. The third kappa shape index (κ3) is 2.59. The normalized spacial score (nSPS) is 11.8. The van der Waals surface area contributed by atoms with Crippen molar-refractivity contribution in [2.24, 2.45) is 0 Å². The van der Waals surface area contributed by atoms with Gasteiger partial charge in [0.2, 0.25) is 0 Å². The van der Waals surface area contributed by atoms with Crippen LogP contribution >= 0.6 is 22.6 Å². The molecule has 0 aliphatic heterocycles. The Balaban J connectivity index is 2.47. The van der Waals surface area contributed by atoms with Crippen molar-refractivity contribution >= 4 is 28.3 Å². The lowest BCUT2D eigenvalue weighted by atomic mass is 9.96. The molecule has 0 radical (unpaired) electrons. The molecule has 0 saturated carbocycles. The van der Waals surface area contributed by atoms with E-state index in [4.69, 9.17) is 10.3 Å². The fourth-order valence-corrected chi connectivity index (χ4v) is 1.84. The Morgan fingerprint density at radius 2 is 2.00 bits per heavy atom. The lowest BCUT2D eigenvalue weighted by molar-refractivity contribution is 0.402. The molecule has 1 heterocycles. The molecule has 0 fully saturated rings. The van der Waals surface area contributed by atoms with Crippen LogP contribution < -0.4 is 5.73 Å². The van der Waals surface area contributed by atoms with Crippen LogP contribution in [0.15, 0.2) is 22.7 Å². The van der Waals surface area contributed by atoms with Crippen LogP contribution in [0.4, 0.5) is 5.69 Å². The van der Waals surface area contributed by atoms with Crippen molar-refractivity contribution in [1.29, 1.82) is 0 Å². The number of rotatable bonds is 1. The van der Waals surface area contributed by atoms with Gasteiger partial charge in [0.25, 0.3) is 5.89 Å². The van der Waals surface area contributed by atoms with Gasteiger partial charge in [-0.3, -0.25) is 0 Å². The summed E-state index contributed by atoms with van der Waals surface area (Å²) >= 11 is 2.23. The first-order valence-electron chi connectivity index (χ1n) is 5.27. The highest BCUT2D eigenvalue weighted by Gasteiger charge is 2.22. The summed E-state index contributed by atoms with van der Waals surface area (Å²) in [5, 5.41) is 3.99. The number of anilines is 1. The first kappa shape index (κ1) is 12.3. The van der Waals surface area contributed by atoms with Crippen LogP contribution in [0, 0.1) is 3.57 Å². The number of aromatic nitrogens is 2. The van der Waals surface area contributed by atoms with Gasteiger partial charge in [0.1, 0.15) is 0 Å². The van der Waals surface area contributed by atoms with Gasteiger partial charge in [0.15, 0.2) is 5.82 Å². The first-order valence-corrected chi connectivity index (χ1v) is 6.35. The molecule has 1 aromatic heterocycles. The van der Waals surface area contributed by atoms with Gasteiger partial charge < -0.3 is 10.3 Å². The largest absolute Gasteiger partial charge is 0.398 e. The average molecular weight is 343 g/mol. The molecule has 0 aliphatic carbocycles. The van der Waals surface area contributed by atoms with E-state index in [-0.39, 0.29) is 5.41 Å². The smallest absolute Gasteiger partial charge is 0.260 e. The summed E-state index contributed by atoms with van der Waals surface area (Å²) < 4.78 is 6.35. The van der Waals surface area contributed by atoms with E-state index < -0.39 is 0 Å². The highest BCUT2D eigenvalue weighted by Crippen LogP contribution is 2.28. The molecule has 2 N–H and O–H groups in total. The summed E-state index contributed by atoms with van der Waals surface area (Å²) in [6, 6.07) is 5.73. The fraction of sp³-hybridized carbons (Fsp3) is 0.333. The second kappa shape index (κ2) is 4.29. The van der Waals surface area contributed by atoms with Crippen molar-refractivity contribution in [2.45, 2.75) is 26.2 Å². The van der Waals surface area contributed by atoms with Gasteiger partial charge in [-0.05, 0) is 40.8 Å². The zero-order valence-electron chi connectivity index (χ0n) is 9.99. The molecule has 90 valence electrons. The summed E-state index contributed by atoms with van der Waals surface area (Å²) in [5.41, 5.74) is 7.22. The van der Waals surface area contributed by atoms with E-state index in [9.17, 15) is 0 Å². The van der Waals surface area contributed by atoms with Gasteiger partial charge >= 0.3 is 0 Å². The minimum Gasteiger partial charge on any atom is -0.398 e. The monoisotopic (exact) mass is 343 g/mol. The molecule has 2 rings (SSSR count). The molecule has 0 bridgehead atoms. The molecule has 4 nitrogen and oxygen atoms in total. The van der Waals surface area contributed by atoms with Crippen molar-refractivity contribution in [3.63, 3.8) is 0 Å². The van der Waals surface area contributed by atoms with Gasteiger partial charge in [-0.15, -0.1) is 0 Å². The number of nitrogen functional groups attached to an aromatic ring is 1. The summed E-state index contributed by atoms with van der Waals surface area (Å²) in [6.45, 7) is 6.12. The molecule has 0 aliphatic rings. The number of nitrogens with two attached hydrogens (primary N) is 1. The summed E-state index contributed by atoms with van der Waals surface area (Å²) in [6.07, 6.45) is 0. The average Bonchev–Trinajstić information content (AvgIpc) is 2.70. The van der Waals surface area contributed by atoms with Crippen molar-refractivity contribution in [3.8, 4) is 11.5 Å². The summed E-state index contributed by atoms with van der Waals surface area (Å²) in [4.78, 5) is 4.39. The van der Waals surface area contributed by atoms with Crippen LogP contribution in [-0.2, 0) is 5.41 Å². The second-order valence-corrected chi connectivity index (χ2v) is 6.15. The molecular formula is C12H14IN3O. The minimum absolute atomic E-state index is 0.127. The van der Waals surface area contributed by atoms with Crippen LogP contribution in [0.5, 0.6) is 0 Å². The van der Waals surface area contributed by atoms with E-state index in [1.54, 1.807) is 0 Å². The molecule has 5 heteroatoms. The van der Waals surface area contributed by atoms with Crippen LogP contribution in [0.2, 0.25) is 0 Å². The number of benzene rings is 1. The summed E-state index contributed by atoms with van der Waals surface area (Å²) in [5.74, 6) is 1.16. The highest BCUT2D eigenvalue weighted by atomic mass is 127. The van der Waals surface area contributed by atoms with Crippen molar-refractivity contribution in [1.82, 2.24) is 10.1 Å². The maximum absolute atomic E-state index is 5.91. The maximum Gasteiger partial charge on any atom is 0.260 e. The zero-order valence-corrected chi connectivity index (χ0v) is 12.1. The van der Waals surface area contributed by atoms with Gasteiger partial charge in [0, 0.05) is 14.7 Å². The van der Waals surface area contributed by atoms with Crippen LogP contribution in [0.1, 0.15) is 26.6 Å². The van der Waals surface area contributed by atoms with Crippen molar-refractivity contribution in [3.05, 3.63) is 27.6 Å². The number of halogens is 1. The van der Waals surface area contributed by atoms with Crippen LogP contribution in [-0.4, -0.2) is 10.1 Å². The predicted molar refractivity (Wildman–Crippen MR) is 75.6 cm³/mol. The number of nitrogens with zero attached hydrogens (tertiary/aromatic N) is 2. The quantitative estimate of drug-likeness (QED) is 0.638. The van der Waals surface area contributed by atoms with Crippen molar-refractivity contribution in [2.75, 3.05) is 5.73 Å². The molecule has 0 saturated heterocycles. The fourth-order valence-electron chi connectivity index (χ4n) is 1.35. The van der Waals surface area contributed by atoms with Crippen molar-refractivity contribution < 1.29 is 4.52 Å². The lowest BCUT2D eigenvalue weighted by Gasteiger charge is -2.10. The topological polar surface area (TPSA) is 64.9 Å². The highest BCUT2D eigenvalue weighted by molar-refractivity contribution is 14.1. The minimum atomic E-state index is -0.127. The molecule has 0 atom stereocenters. The van der Waals surface area contributed by atoms with E-state index in [1.807, 2.05) is 39.0 Å². The molecule has 0 unspecified atom stereocenters. The second-order valence-electron chi connectivity index (χ2n) is 4.90. The third-order valence-electron chi connectivity index (χ3n) is 2.34. The van der Waals surface area contributed by atoms with E-state index >= 15 is 0 Å². The van der Waals surface area contributed by atoms with E-state index in [0.717, 1.165) is 9.13 Å². The Kier molecular flexibility index (Phi) is 3.11. The van der Waals surface area contributed by atoms with Crippen LogP contribution in [0.25, 0.3) is 11.5 Å². The molecule has 0 spiro atoms. The number of hydrogen-bond donors (Lipinski definition) is 1. The van der Waals surface area contributed by atoms with E-state index in [0.29, 0.717) is 17.4 Å². The molecule has 2 aromatic rings. The Labute approximate surface area is 114 Å². The lowest BCUT2D eigenvalue weighted by Crippen LogP contribution is -2.13. The standard InChI is InChI=1S/C12H14IN3O/c1-12(2,3)11-15-10(17-16-11)8-6-7(13)4-5-9(8)14/h4-6H,14H2,1-3H3. The van der Waals surface area contributed by atoms with Crippen LogP contribution in [0.3, 0.4) is 0 Å². The molecule has 17 heavy (non-hydrogen) atoms. The van der Waals surface area contributed by atoms with Gasteiger partial charge in [0.05, 0.1) is 5.56 Å². The Bertz CT molecular complexity index is 543. The third-order valence-corrected chi connectivity index (χ3v) is 3.01. The Morgan fingerprint density at radius 1 is 1.29 bits per heavy atom. The molecule has 1 aromatic carbocycles. The predicted octanol–water partition coefficient (Wildman–Crippen LogP) is 3.22. The molecule has 0 amide bonds. The Morgan fingerprint density at radius 3 is 2.59 bits per heavy atom. The Hall–Kier alpha value is -1.11. The van der Waals surface area contributed by atoms with Gasteiger partial charge in [-0.2, -0.15) is 4.98 Å². The number of hydrogen-bond acceptors (Lipinski definition) is 4. The zero-order chi connectivity index (χ0) is 12.6.